The Kier molecular flexibility index (Phi) is 11.4. The molecule has 0 aromatic heterocycles. The third-order valence-electron chi connectivity index (χ3n) is 12.9. The lowest BCUT2D eigenvalue weighted by atomic mass is 9.78. The molecule has 2 aromatic rings. The smallest absolute Gasteiger partial charge is 0.358 e. The lowest BCUT2D eigenvalue weighted by molar-refractivity contribution is -1.08. The number of quaternary nitrogens is 2. The highest BCUT2D eigenvalue weighted by Crippen LogP contribution is 2.49. The van der Waals surface area contributed by atoms with E-state index in [9.17, 15) is 14.4 Å². The zero-order valence-electron chi connectivity index (χ0n) is 30.9. The first-order valence-electron chi connectivity index (χ1n) is 18.7. The predicted octanol–water partition coefficient (Wildman–Crippen LogP) is 3.77. The van der Waals surface area contributed by atoms with Gasteiger partial charge in [0.25, 0.3) is 5.91 Å². The van der Waals surface area contributed by atoms with Gasteiger partial charge in [0.2, 0.25) is 5.91 Å². The summed E-state index contributed by atoms with van der Waals surface area (Å²) >= 11 is 0. The van der Waals surface area contributed by atoms with Crippen LogP contribution in [-0.2, 0) is 29.8 Å². The van der Waals surface area contributed by atoms with E-state index < -0.39 is 23.2 Å². The van der Waals surface area contributed by atoms with E-state index in [0.717, 1.165) is 101 Å². The van der Waals surface area contributed by atoms with Crippen molar-refractivity contribution in [3.05, 3.63) is 53.2 Å². The molecular formula is C37H55BN5O6PSi+2. The maximum atomic E-state index is 13.8. The number of nitrogens with one attached hydrogen (secondary N) is 1. The van der Waals surface area contributed by atoms with Crippen molar-refractivity contribution < 1.29 is 37.0 Å². The van der Waals surface area contributed by atoms with Gasteiger partial charge in [-0.3, -0.25) is 9.59 Å². The average molecular weight is 736 g/mol. The van der Waals surface area contributed by atoms with E-state index in [0.29, 0.717) is 6.54 Å². The predicted molar refractivity (Wildman–Crippen MR) is 203 cm³/mol. The molecule has 5 aliphatic rings. The van der Waals surface area contributed by atoms with E-state index in [4.69, 9.17) is 27.4 Å². The molecule has 51 heavy (non-hydrogen) atoms. The number of hydrogen-bond acceptors (Lipinski definition) is 7. The number of benzene rings is 2. The summed E-state index contributed by atoms with van der Waals surface area (Å²) in [7, 11) is 3.05. The van der Waals surface area contributed by atoms with Crippen LogP contribution >= 0.6 is 8.96 Å². The lowest BCUT2D eigenvalue weighted by Gasteiger charge is -2.55. The molecule has 274 valence electrons. The first kappa shape index (κ1) is 37.9. The summed E-state index contributed by atoms with van der Waals surface area (Å²) in [5.74, 6) is -0.593. The number of ether oxygens (including phenoxy) is 1. The Morgan fingerprint density at radius 2 is 1.65 bits per heavy atom. The second-order valence-electron chi connectivity index (χ2n) is 15.3. The van der Waals surface area contributed by atoms with Gasteiger partial charge in [-0.2, -0.15) is 0 Å². The van der Waals surface area contributed by atoms with Crippen LogP contribution < -0.4 is 15.5 Å². The van der Waals surface area contributed by atoms with E-state index in [1.165, 1.54) is 5.56 Å². The first-order valence-corrected chi connectivity index (χ1v) is 22.2. The third kappa shape index (κ3) is 7.14. The zero-order valence-corrected chi connectivity index (χ0v) is 32.9. The zero-order chi connectivity index (χ0) is 36.6. The highest BCUT2D eigenvalue weighted by atomic mass is 31.1. The summed E-state index contributed by atoms with van der Waals surface area (Å²) in [6, 6.07) is 15.4. The molecule has 3 N–H and O–H groups in total. The van der Waals surface area contributed by atoms with Gasteiger partial charge in [-0.05, 0) is 42.1 Å². The number of piperazine rings is 3. The van der Waals surface area contributed by atoms with E-state index in [1.54, 1.807) is 4.90 Å². The highest BCUT2D eigenvalue weighted by molar-refractivity contribution is 7.32. The van der Waals surface area contributed by atoms with Crippen LogP contribution in [-0.4, -0.2) is 119 Å². The molecule has 4 saturated heterocycles. The maximum absolute atomic E-state index is 13.8. The van der Waals surface area contributed by atoms with E-state index in [1.807, 2.05) is 19.1 Å². The fraction of sp³-hybridized carbons (Fsp3) is 0.595. The standard InChI is InChI=1S/C37H54BN5O6PSi/c1-6-51(7-2,8-3)49-26(5)33-34-25(4)30(35(41(34)36(33)45)37(46)48-50-40-38)24-47-31-14-10-12-28-27(11-9-13-29(28)31)15-16-42-17-20-43(21-18-42,22-19-42)23-32(39)44/h9-14,25-26,33-34,40,50H,6-8,15-24H2,1-5H3,(H-,39,44)/q+1/p+1/t25-,26+,33+,34?,42?,43?/m0/s1. The number of nitrogens with two attached hydrogens (primary N) is 1. The number of nitrogens with zero attached hydrogens (tertiary/aromatic N) is 3. The maximum Gasteiger partial charge on any atom is 0.358 e. The molecule has 2 unspecified atom stereocenters. The largest absolute Gasteiger partial charge is 0.488 e. The lowest BCUT2D eigenvalue weighted by Crippen LogP contribution is -2.76. The third-order valence-corrected chi connectivity index (χ3v) is 18.1. The Morgan fingerprint density at radius 3 is 2.27 bits per heavy atom. The highest BCUT2D eigenvalue weighted by Gasteiger charge is 2.61. The quantitative estimate of drug-likeness (QED) is 0.110. The van der Waals surface area contributed by atoms with Crippen LogP contribution in [0.1, 0.15) is 40.2 Å². The monoisotopic (exact) mass is 735 g/mol. The van der Waals surface area contributed by atoms with Crippen molar-refractivity contribution in [3.8, 4) is 5.75 Å². The van der Waals surface area contributed by atoms with Crippen LogP contribution in [0.3, 0.4) is 0 Å². The van der Waals surface area contributed by atoms with Gasteiger partial charge in [0, 0.05) is 23.3 Å². The fourth-order valence-corrected chi connectivity index (χ4v) is 12.6. The topological polar surface area (TPSA) is 120 Å². The number of hydrogen-bond donors (Lipinski definition) is 2. The van der Waals surface area contributed by atoms with Crippen molar-refractivity contribution >= 4 is 53.8 Å². The average Bonchev–Trinajstić information content (AvgIpc) is 3.38. The van der Waals surface area contributed by atoms with Gasteiger partial charge in [0.15, 0.2) is 22.8 Å². The van der Waals surface area contributed by atoms with Gasteiger partial charge in [-0.25, -0.2) is 4.79 Å². The van der Waals surface area contributed by atoms with Gasteiger partial charge in [-0.15, -0.1) is 0 Å². The van der Waals surface area contributed by atoms with Gasteiger partial charge < -0.3 is 38.3 Å². The van der Waals surface area contributed by atoms with E-state index in [2.05, 4.69) is 57.0 Å². The molecule has 2 bridgehead atoms. The van der Waals surface area contributed by atoms with Crippen molar-refractivity contribution in [2.75, 3.05) is 59.0 Å². The summed E-state index contributed by atoms with van der Waals surface area (Å²) in [6.07, 6.45) is 0.704. The van der Waals surface area contributed by atoms with Crippen LogP contribution in [0, 0.1) is 11.8 Å². The number of carbonyl (C=O) groups excluding carboxylic acids is 3. The molecule has 11 nitrogen and oxygen atoms in total. The van der Waals surface area contributed by atoms with Crippen LogP contribution in [0.2, 0.25) is 18.1 Å². The molecule has 2 amide bonds. The molecule has 0 saturated carbocycles. The molecule has 14 heteroatoms. The Balaban J connectivity index is 1.19. The Bertz CT molecular complexity index is 1660. The molecule has 5 atom stereocenters. The van der Waals surface area contributed by atoms with Crippen molar-refractivity contribution in [2.45, 2.75) is 71.3 Å². The van der Waals surface area contributed by atoms with E-state index in [-0.39, 0.29) is 48.1 Å². The number of β-lactam (4-membered cyclic amide) rings is 1. The summed E-state index contributed by atoms with van der Waals surface area (Å²) in [5, 5.41) is 2.18. The summed E-state index contributed by atoms with van der Waals surface area (Å²) in [5.41, 5.74) is 7.89. The fourth-order valence-electron chi connectivity index (χ4n) is 9.45. The van der Waals surface area contributed by atoms with Crippen LogP contribution in [0.25, 0.3) is 10.8 Å². The Hall–Kier alpha value is -2.80. The normalized spacial score (nSPS) is 28.0. The minimum absolute atomic E-state index is 0.0994. The molecule has 0 aliphatic carbocycles. The molecule has 7 rings (SSSR count). The second-order valence-corrected chi connectivity index (χ2v) is 20.7. The number of rotatable bonds is 17. The molecule has 4 fully saturated rings. The molecule has 2 radical (unpaired) electrons. The summed E-state index contributed by atoms with van der Waals surface area (Å²) in [6.45, 7) is 18.6. The summed E-state index contributed by atoms with van der Waals surface area (Å²) < 4.78 is 20.7. The van der Waals surface area contributed by atoms with Crippen LogP contribution in [0.4, 0.5) is 0 Å². The molecule has 5 heterocycles. The SMILES string of the molecule is [B]NPOC(=O)C1=C(COc2cccc3c(CC[N+]45CC[N+](CC(N)=O)(CC4)CC5)cccc23)[C@H](C)C2[C@@H]([C@@H](C)O[Si](CC)(CC)CC)C(=O)N12. The van der Waals surface area contributed by atoms with Crippen molar-refractivity contribution in [3.63, 3.8) is 0 Å². The first-order chi connectivity index (χ1) is 24.5. The number of amides is 2. The Morgan fingerprint density at radius 1 is 1.02 bits per heavy atom. The summed E-state index contributed by atoms with van der Waals surface area (Å²) in [4.78, 5) is 43.0. The van der Waals surface area contributed by atoms with Crippen molar-refractivity contribution in [2.24, 2.45) is 17.6 Å². The van der Waals surface area contributed by atoms with Crippen molar-refractivity contribution in [1.82, 2.24) is 9.90 Å². The number of carbonyl (C=O) groups is 3. The molecule has 0 spiro atoms. The minimum atomic E-state index is -1.95. The van der Waals surface area contributed by atoms with Crippen LogP contribution in [0.5, 0.6) is 5.75 Å². The van der Waals surface area contributed by atoms with Gasteiger partial charge >= 0.3 is 5.97 Å². The van der Waals surface area contributed by atoms with Gasteiger partial charge in [-0.1, -0.05) is 58.0 Å². The molecular weight excluding hydrogens is 680 g/mol. The minimum Gasteiger partial charge on any atom is -0.488 e. The molecule has 5 aliphatic heterocycles. The van der Waals surface area contributed by atoms with Gasteiger partial charge in [0.1, 0.15) is 66.3 Å². The van der Waals surface area contributed by atoms with Gasteiger partial charge in [0.05, 0.1) is 24.6 Å². The van der Waals surface area contributed by atoms with Crippen molar-refractivity contribution in [1.29, 1.82) is 0 Å². The second kappa shape index (κ2) is 15.3. The van der Waals surface area contributed by atoms with E-state index >= 15 is 0 Å². The number of primary amides is 1. The number of fused-ring (bicyclic) bond motifs is 5. The van der Waals surface area contributed by atoms with Crippen LogP contribution in [0.15, 0.2) is 47.7 Å². The molecule has 2 aromatic carbocycles. The Labute approximate surface area is 306 Å².